The quantitative estimate of drug-likeness (QED) is 0.495. The second-order valence-corrected chi connectivity index (χ2v) is 5.26. The van der Waals surface area contributed by atoms with Crippen molar-refractivity contribution in [1.82, 2.24) is 0 Å². The summed E-state index contributed by atoms with van der Waals surface area (Å²) in [6.07, 6.45) is 2.89. The van der Waals surface area contributed by atoms with Crippen molar-refractivity contribution < 1.29 is 14.5 Å². The third kappa shape index (κ3) is 3.58. The predicted octanol–water partition coefficient (Wildman–Crippen LogP) is 3.17. The summed E-state index contributed by atoms with van der Waals surface area (Å²) in [7, 11) is 0. The number of nitro benzene ring substituents is 1. The van der Waals surface area contributed by atoms with Crippen molar-refractivity contribution in [3.05, 3.63) is 33.9 Å². The van der Waals surface area contributed by atoms with Crippen LogP contribution in [0.1, 0.15) is 43.5 Å². The molecule has 1 aliphatic rings. The second kappa shape index (κ2) is 6.67. The minimum atomic E-state index is -0.461. The SMILES string of the molecule is CCC(Nc1ccc(C(C)=O)cc1[N+](=O)[O-])C1CCCO1. The summed E-state index contributed by atoms with van der Waals surface area (Å²) in [5, 5.41) is 14.4. The number of carbonyl (C=O) groups is 1. The van der Waals surface area contributed by atoms with E-state index in [0.29, 0.717) is 11.3 Å². The summed E-state index contributed by atoms with van der Waals surface area (Å²) in [4.78, 5) is 22.1. The fraction of sp³-hybridized carbons (Fsp3) is 0.533. The zero-order valence-electron chi connectivity index (χ0n) is 12.3. The predicted molar refractivity (Wildman–Crippen MR) is 79.8 cm³/mol. The first-order valence-corrected chi connectivity index (χ1v) is 7.20. The normalized spacial score (nSPS) is 19.2. The van der Waals surface area contributed by atoms with Gasteiger partial charge in [0.15, 0.2) is 5.78 Å². The molecule has 1 heterocycles. The van der Waals surface area contributed by atoms with Gasteiger partial charge in [-0.1, -0.05) is 6.92 Å². The molecule has 6 heteroatoms. The van der Waals surface area contributed by atoms with Crippen LogP contribution in [0.25, 0.3) is 0 Å². The summed E-state index contributed by atoms with van der Waals surface area (Å²) in [5.41, 5.74) is 0.712. The van der Waals surface area contributed by atoms with Gasteiger partial charge >= 0.3 is 0 Å². The average Bonchev–Trinajstić information content (AvgIpc) is 2.98. The smallest absolute Gasteiger partial charge is 0.293 e. The van der Waals surface area contributed by atoms with E-state index in [2.05, 4.69) is 5.32 Å². The molecule has 114 valence electrons. The minimum absolute atomic E-state index is 0.0365. The molecule has 21 heavy (non-hydrogen) atoms. The number of nitrogens with one attached hydrogen (secondary N) is 1. The monoisotopic (exact) mass is 292 g/mol. The van der Waals surface area contributed by atoms with Crippen LogP contribution in [0.5, 0.6) is 0 Å². The number of carbonyl (C=O) groups excluding carboxylic acids is 1. The van der Waals surface area contributed by atoms with Crippen molar-refractivity contribution in [2.75, 3.05) is 11.9 Å². The largest absolute Gasteiger partial charge is 0.376 e. The maximum absolute atomic E-state index is 11.4. The van der Waals surface area contributed by atoms with Crippen molar-refractivity contribution in [3.63, 3.8) is 0 Å². The standard InChI is InChI=1S/C15H20N2O4/c1-3-12(15-5-4-8-21-15)16-13-7-6-11(10(2)18)9-14(13)17(19)20/h6-7,9,12,15-16H,3-5,8H2,1-2H3. The van der Waals surface area contributed by atoms with E-state index in [1.807, 2.05) is 6.92 Å². The molecule has 0 saturated carbocycles. The van der Waals surface area contributed by atoms with Gasteiger partial charge in [0.25, 0.3) is 5.69 Å². The summed E-state index contributed by atoms with van der Waals surface area (Å²) in [6.45, 7) is 4.16. The van der Waals surface area contributed by atoms with E-state index in [9.17, 15) is 14.9 Å². The molecule has 2 unspecified atom stereocenters. The number of benzene rings is 1. The van der Waals surface area contributed by atoms with Crippen LogP contribution in [0.3, 0.4) is 0 Å². The maximum atomic E-state index is 11.4. The van der Waals surface area contributed by atoms with Crippen molar-refractivity contribution in [2.24, 2.45) is 0 Å². The molecule has 0 spiro atoms. The Kier molecular flexibility index (Phi) is 4.90. The highest BCUT2D eigenvalue weighted by Crippen LogP contribution is 2.29. The summed E-state index contributed by atoms with van der Waals surface area (Å²) in [6, 6.07) is 4.58. The highest BCUT2D eigenvalue weighted by Gasteiger charge is 2.26. The highest BCUT2D eigenvalue weighted by atomic mass is 16.6. The lowest BCUT2D eigenvalue weighted by atomic mass is 10.0. The molecular formula is C15H20N2O4. The topological polar surface area (TPSA) is 81.5 Å². The van der Waals surface area contributed by atoms with Gasteiger partial charge in [-0.3, -0.25) is 14.9 Å². The van der Waals surface area contributed by atoms with Gasteiger partial charge in [-0.15, -0.1) is 0 Å². The Morgan fingerprint density at radius 3 is 2.86 bits per heavy atom. The van der Waals surface area contributed by atoms with Gasteiger partial charge in [0.05, 0.1) is 17.1 Å². The van der Waals surface area contributed by atoms with E-state index in [1.54, 1.807) is 12.1 Å². The number of ketones is 1. The van der Waals surface area contributed by atoms with Crippen molar-refractivity contribution in [3.8, 4) is 0 Å². The van der Waals surface area contributed by atoms with Crippen molar-refractivity contribution >= 4 is 17.2 Å². The number of hydrogen-bond donors (Lipinski definition) is 1. The van der Waals surface area contributed by atoms with E-state index in [4.69, 9.17) is 4.74 Å². The van der Waals surface area contributed by atoms with Gasteiger partial charge in [0.2, 0.25) is 0 Å². The minimum Gasteiger partial charge on any atom is -0.376 e. The Morgan fingerprint density at radius 1 is 1.57 bits per heavy atom. The number of Topliss-reactive ketones (excluding diaryl/α,β-unsaturated/α-hetero) is 1. The van der Waals surface area contributed by atoms with Gasteiger partial charge in [-0.25, -0.2) is 0 Å². The van der Waals surface area contributed by atoms with Crippen molar-refractivity contribution in [1.29, 1.82) is 0 Å². The molecule has 1 aliphatic heterocycles. The number of rotatable bonds is 6. The zero-order chi connectivity index (χ0) is 15.4. The molecule has 1 saturated heterocycles. The van der Waals surface area contributed by atoms with E-state index in [-0.39, 0.29) is 23.6 Å². The molecular weight excluding hydrogens is 272 g/mol. The molecule has 0 bridgehead atoms. The van der Waals surface area contributed by atoms with E-state index >= 15 is 0 Å². The third-order valence-electron chi connectivity index (χ3n) is 3.80. The summed E-state index contributed by atoms with van der Waals surface area (Å²) >= 11 is 0. The fourth-order valence-corrected chi connectivity index (χ4v) is 2.60. The molecule has 2 rings (SSSR count). The number of anilines is 1. The second-order valence-electron chi connectivity index (χ2n) is 5.26. The van der Waals surface area contributed by atoms with Crippen LogP contribution in [0.15, 0.2) is 18.2 Å². The number of ether oxygens (including phenoxy) is 1. The van der Waals surface area contributed by atoms with E-state index < -0.39 is 4.92 Å². The van der Waals surface area contributed by atoms with Crippen LogP contribution in [0.2, 0.25) is 0 Å². The van der Waals surface area contributed by atoms with Gasteiger partial charge < -0.3 is 10.1 Å². The Bertz CT molecular complexity index is 538. The Hall–Kier alpha value is -1.95. The first kappa shape index (κ1) is 15.4. The fourth-order valence-electron chi connectivity index (χ4n) is 2.60. The molecule has 1 fully saturated rings. The molecule has 1 aromatic carbocycles. The van der Waals surface area contributed by atoms with Crippen molar-refractivity contribution in [2.45, 2.75) is 45.3 Å². The molecule has 0 amide bonds. The van der Waals surface area contributed by atoms with Crippen LogP contribution in [0.4, 0.5) is 11.4 Å². The molecule has 2 atom stereocenters. The van der Waals surface area contributed by atoms with Gasteiger partial charge in [0.1, 0.15) is 5.69 Å². The Morgan fingerprint density at radius 2 is 2.33 bits per heavy atom. The Labute approximate surface area is 123 Å². The van der Waals surface area contributed by atoms with Crippen LogP contribution < -0.4 is 5.32 Å². The van der Waals surface area contributed by atoms with E-state index in [1.165, 1.54) is 13.0 Å². The van der Waals surface area contributed by atoms with Gasteiger partial charge in [0, 0.05) is 18.2 Å². The molecule has 6 nitrogen and oxygen atoms in total. The van der Waals surface area contributed by atoms with E-state index in [0.717, 1.165) is 25.9 Å². The lowest BCUT2D eigenvalue weighted by Gasteiger charge is -2.23. The average molecular weight is 292 g/mol. The first-order valence-electron chi connectivity index (χ1n) is 7.20. The molecule has 0 aromatic heterocycles. The molecule has 0 aliphatic carbocycles. The van der Waals surface area contributed by atoms with Crippen LogP contribution >= 0.6 is 0 Å². The summed E-state index contributed by atoms with van der Waals surface area (Å²) in [5.74, 6) is -0.184. The van der Waals surface area contributed by atoms with Crippen LogP contribution in [-0.2, 0) is 4.74 Å². The highest BCUT2D eigenvalue weighted by molar-refractivity contribution is 5.95. The maximum Gasteiger partial charge on any atom is 0.293 e. The lowest BCUT2D eigenvalue weighted by Crippen LogP contribution is -2.32. The Balaban J connectivity index is 2.25. The molecule has 1 N–H and O–H groups in total. The molecule has 0 radical (unpaired) electrons. The summed E-state index contributed by atoms with van der Waals surface area (Å²) < 4.78 is 5.65. The zero-order valence-corrected chi connectivity index (χ0v) is 12.3. The number of nitro groups is 1. The number of nitrogens with zero attached hydrogens (tertiary/aromatic N) is 1. The van der Waals surface area contributed by atoms with Crippen LogP contribution in [0, 0.1) is 10.1 Å². The molecule has 1 aromatic rings. The van der Waals surface area contributed by atoms with Crippen LogP contribution in [-0.4, -0.2) is 29.5 Å². The lowest BCUT2D eigenvalue weighted by molar-refractivity contribution is -0.384. The first-order chi connectivity index (χ1) is 10.0. The van der Waals surface area contributed by atoms with Gasteiger partial charge in [-0.05, 0) is 38.3 Å². The number of hydrogen-bond acceptors (Lipinski definition) is 5. The third-order valence-corrected chi connectivity index (χ3v) is 3.80. The van der Waals surface area contributed by atoms with Gasteiger partial charge in [-0.2, -0.15) is 0 Å².